The summed E-state index contributed by atoms with van der Waals surface area (Å²) in [6, 6.07) is 16.1. The minimum atomic E-state index is -0.669. The quantitative estimate of drug-likeness (QED) is 0.224. The SMILES string of the molecule is Cc1cc(Oc2ccccc2)ccc1N1C(=O)Nc2c(C(=O)N[C@@H]3CCCN(C(=O)CN(C)C(=O)OC(C)(C)C)C3)sc3nccc1c23. The molecule has 0 bridgehead atoms. The lowest BCUT2D eigenvalue weighted by molar-refractivity contribution is -0.133. The Morgan fingerprint density at radius 2 is 1.85 bits per heavy atom. The number of hydrogen-bond acceptors (Lipinski definition) is 8. The second kappa shape index (κ2) is 13.1. The molecule has 2 aliphatic heterocycles. The average molecular weight is 671 g/mol. The fourth-order valence-corrected chi connectivity index (χ4v) is 6.85. The molecule has 1 saturated heterocycles. The molecular formula is C35H38N6O6S. The van der Waals surface area contributed by atoms with E-state index in [-0.39, 0.29) is 24.4 Å². The third kappa shape index (κ3) is 6.91. The summed E-state index contributed by atoms with van der Waals surface area (Å²) < 4.78 is 11.3. The molecule has 2 aromatic heterocycles. The van der Waals surface area contributed by atoms with Crippen LogP contribution in [0.25, 0.3) is 10.2 Å². The first-order chi connectivity index (χ1) is 22.9. The van der Waals surface area contributed by atoms with Gasteiger partial charge in [0, 0.05) is 32.4 Å². The Morgan fingerprint density at radius 3 is 2.58 bits per heavy atom. The summed E-state index contributed by atoms with van der Waals surface area (Å²) in [4.78, 5) is 62.7. The molecule has 2 aromatic carbocycles. The van der Waals surface area contributed by atoms with Gasteiger partial charge in [0.15, 0.2) is 0 Å². The van der Waals surface area contributed by atoms with Crippen molar-refractivity contribution in [1.82, 2.24) is 20.1 Å². The Balaban J connectivity index is 1.17. The molecule has 0 saturated carbocycles. The Hall–Kier alpha value is -5.17. The first kappa shape index (κ1) is 32.8. The van der Waals surface area contributed by atoms with Crippen molar-refractivity contribution >= 4 is 62.6 Å². The number of piperidine rings is 1. The van der Waals surface area contributed by atoms with Gasteiger partial charge >= 0.3 is 12.1 Å². The van der Waals surface area contributed by atoms with Crippen LogP contribution in [0.2, 0.25) is 0 Å². The summed E-state index contributed by atoms with van der Waals surface area (Å²) in [6.07, 6.45) is 2.43. The van der Waals surface area contributed by atoms with Crippen molar-refractivity contribution in [1.29, 1.82) is 0 Å². The number of rotatable bonds is 7. The summed E-state index contributed by atoms with van der Waals surface area (Å²) >= 11 is 1.21. The molecule has 1 fully saturated rings. The highest BCUT2D eigenvalue weighted by molar-refractivity contribution is 7.21. The molecule has 13 heteroatoms. The van der Waals surface area contributed by atoms with Crippen molar-refractivity contribution in [2.24, 2.45) is 0 Å². The zero-order chi connectivity index (χ0) is 34.2. The van der Waals surface area contributed by atoms with Gasteiger partial charge in [0.25, 0.3) is 5.91 Å². The van der Waals surface area contributed by atoms with E-state index in [1.165, 1.54) is 23.3 Å². The number of aryl methyl sites for hydroxylation is 1. The van der Waals surface area contributed by atoms with Gasteiger partial charge in [-0.25, -0.2) is 14.6 Å². The number of nitrogens with one attached hydrogen (secondary N) is 2. The highest BCUT2D eigenvalue weighted by Crippen LogP contribution is 2.46. The molecule has 250 valence electrons. The molecule has 4 aromatic rings. The van der Waals surface area contributed by atoms with Crippen LogP contribution in [0.5, 0.6) is 11.5 Å². The van der Waals surface area contributed by atoms with Crippen molar-refractivity contribution in [2.75, 3.05) is 36.9 Å². The van der Waals surface area contributed by atoms with Crippen LogP contribution in [0.3, 0.4) is 0 Å². The smallest absolute Gasteiger partial charge is 0.410 e. The first-order valence-corrected chi connectivity index (χ1v) is 16.6. The van der Waals surface area contributed by atoms with Gasteiger partial charge in [-0.3, -0.25) is 14.5 Å². The number of pyridine rings is 1. The van der Waals surface area contributed by atoms with E-state index in [9.17, 15) is 19.2 Å². The number of carbonyl (C=O) groups is 4. The number of ether oxygens (including phenoxy) is 2. The second-order valence-electron chi connectivity index (χ2n) is 12.9. The molecule has 5 amide bonds. The van der Waals surface area contributed by atoms with Gasteiger partial charge in [-0.2, -0.15) is 0 Å². The number of thiophene rings is 1. The number of aromatic nitrogens is 1. The molecule has 4 heterocycles. The van der Waals surface area contributed by atoms with Crippen LogP contribution in [0, 0.1) is 6.92 Å². The van der Waals surface area contributed by atoms with E-state index in [0.29, 0.717) is 69.6 Å². The predicted molar refractivity (Wildman–Crippen MR) is 184 cm³/mol. The molecule has 6 rings (SSSR count). The van der Waals surface area contributed by atoms with E-state index in [4.69, 9.17) is 9.47 Å². The lowest BCUT2D eigenvalue weighted by Gasteiger charge is -2.34. The Morgan fingerprint density at radius 1 is 1.08 bits per heavy atom. The molecule has 1 atom stereocenters. The highest BCUT2D eigenvalue weighted by atomic mass is 32.1. The van der Waals surface area contributed by atoms with Gasteiger partial charge in [0.1, 0.15) is 33.4 Å². The van der Waals surface area contributed by atoms with Crippen LogP contribution < -0.4 is 20.3 Å². The maximum atomic E-state index is 13.7. The largest absolute Gasteiger partial charge is 0.457 e. The minimum absolute atomic E-state index is 0.130. The summed E-state index contributed by atoms with van der Waals surface area (Å²) in [5.41, 5.74) is 1.87. The van der Waals surface area contributed by atoms with E-state index < -0.39 is 17.7 Å². The molecular weight excluding hydrogens is 632 g/mol. The fraction of sp³-hybridized carbons (Fsp3) is 0.343. The Labute approximate surface area is 282 Å². The lowest BCUT2D eigenvalue weighted by Crippen LogP contribution is -2.52. The van der Waals surface area contributed by atoms with Crippen molar-refractivity contribution < 1.29 is 28.7 Å². The predicted octanol–water partition coefficient (Wildman–Crippen LogP) is 6.67. The summed E-state index contributed by atoms with van der Waals surface area (Å²) in [5.74, 6) is 0.781. The number of para-hydroxylation sites is 1. The van der Waals surface area contributed by atoms with Crippen molar-refractivity contribution in [3.05, 3.63) is 71.2 Å². The molecule has 12 nitrogen and oxygen atoms in total. The zero-order valence-electron chi connectivity index (χ0n) is 27.5. The van der Waals surface area contributed by atoms with Crippen molar-refractivity contribution in [3.63, 3.8) is 0 Å². The third-order valence-corrected chi connectivity index (χ3v) is 9.12. The number of hydrogen-bond donors (Lipinski definition) is 2. The normalized spacial score (nSPS) is 15.9. The van der Waals surface area contributed by atoms with E-state index in [2.05, 4.69) is 15.6 Å². The van der Waals surface area contributed by atoms with Gasteiger partial charge in [0.05, 0.1) is 22.4 Å². The Bertz CT molecular complexity index is 1890. The number of likely N-dealkylation sites (tertiary alicyclic amines) is 1. The van der Waals surface area contributed by atoms with Gasteiger partial charge in [-0.1, -0.05) is 18.2 Å². The number of anilines is 3. The van der Waals surface area contributed by atoms with E-state index in [0.717, 1.165) is 5.56 Å². The van der Waals surface area contributed by atoms with Crippen LogP contribution in [-0.4, -0.2) is 77.0 Å². The minimum Gasteiger partial charge on any atom is -0.457 e. The fourth-order valence-electron chi connectivity index (χ4n) is 5.83. The molecule has 0 spiro atoms. The lowest BCUT2D eigenvalue weighted by atomic mass is 10.0. The van der Waals surface area contributed by atoms with E-state index in [1.54, 1.807) is 42.8 Å². The summed E-state index contributed by atoms with van der Waals surface area (Å²) in [6.45, 7) is 7.92. The molecule has 48 heavy (non-hydrogen) atoms. The number of amides is 5. The molecule has 2 N–H and O–H groups in total. The van der Waals surface area contributed by atoms with Crippen molar-refractivity contribution in [2.45, 2.75) is 52.2 Å². The number of benzene rings is 2. The standard InChI is InChI=1S/C35H38N6O6S/c1-21-18-24(46-23-11-7-6-8-12-23)13-14-25(21)41-26-15-16-36-32-28(26)29(38-33(41)44)30(48-32)31(43)37-22-10-9-17-40(19-22)27(42)20-39(5)34(45)47-35(2,3)4/h6-8,11-16,18,22H,9-10,17,19-20H2,1-5H3,(H,37,43)(H,38,44)/t22-/m1/s1. The number of likely N-dealkylation sites (N-methyl/N-ethyl adjacent to an activating group) is 1. The van der Waals surface area contributed by atoms with Crippen LogP contribution in [-0.2, 0) is 9.53 Å². The monoisotopic (exact) mass is 670 g/mol. The maximum absolute atomic E-state index is 13.7. The topological polar surface area (TPSA) is 133 Å². The van der Waals surface area contributed by atoms with Gasteiger partial charge in [-0.05, 0) is 82.5 Å². The van der Waals surface area contributed by atoms with Crippen molar-refractivity contribution in [3.8, 4) is 11.5 Å². The van der Waals surface area contributed by atoms with Gasteiger partial charge in [0.2, 0.25) is 5.91 Å². The maximum Gasteiger partial charge on any atom is 0.410 e. The molecule has 0 radical (unpaired) electrons. The summed E-state index contributed by atoms with van der Waals surface area (Å²) in [5, 5.41) is 6.70. The number of urea groups is 1. The number of nitrogens with zero attached hydrogens (tertiary/aromatic N) is 4. The first-order valence-electron chi connectivity index (χ1n) is 15.8. The van der Waals surface area contributed by atoms with E-state index >= 15 is 0 Å². The Kier molecular flexibility index (Phi) is 8.97. The molecule has 2 aliphatic rings. The van der Waals surface area contributed by atoms with Crippen LogP contribution in [0.1, 0.15) is 48.8 Å². The van der Waals surface area contributed by atoms with Gasteiger partial charge < -0.3 is 29.9 Å². The van der Waals surface area contributed by atoms with E-state index in [1.807, 2.05) is 55.5 Å². The number of carbonyl (C=O) groups excluding carboxylic acids is 4. The van der Waals surface area contributed by atoms with Crippen LogP contribution in [0.15, 0.2) is 60.8 Å². The highest BCUT2D eigenvalue weighted by Gasteiger charge is 2.35. The average Bonchev–Trinajstić information content (AvgIpc) is 3.41. The van der Waals surface area contributed by atoms with Gasteiger partial charge in [-0.15, -0.1) is 11.3 Å². The zero-order valence-corrected chi connectivity index (χ0v) is 28.3. The third-order valence-electron chi connectivity index (χ3n) is 8.03. The summed E-state index contributed by atoms with van der Waals surface area (Å²) in [7, 11) is 1.52. The molecule has 0 aliphatic carbocycles. The van der Waals surface area contributed by atoms with Crippen LogP contribution in [0.4, 0.5) is 26.7 Å². The molecule has 0 unspecified atom stereocenters. The second-order valence-corrected chi connectivity index (χ2v) is 13.9. The van der Waals surface area contributed by atoms with Crippen LogP contribution >= 0.6 is 11.3 Å².